The minimum Gasteiger partial charge on any atom is -0.381 e. The van der Waals surface area contributed by atoms with E-state index in [-0.39, 0.29) is 11.8 Å². The van der Waals surface area contributed by atoms with Crippen LogP contribution in [0.1, 0.15) is 29.9 Å². The summed E-state index contributed by atoms with van der Waals surface area (Å²) >= 11 is 0. The number of rotatable bonds is 5. The summed E-state index contributed by atoms with van der Waals surface area (Å²) in [6, 6.07) is 16.3. The number of ether oxygens (including phenoxy) is 1. The zero-order valence-corrected chi connectivity index (χ0v) is 14.4. The van der Waals surface area contributed by atoms with Crippen LogP contribution in [0.15, 0.2) is 54.6 Å². The molecule has 1 saturated heterocycles. The second-order valence-corrected chi connectivity index (χ2v) is 6.32. The fraction of sp³-hybridized carbons (Fsp3) is 0.300. The van der Waals surface area contributed by atoms with E-state index in [4.69, 9.17) is 9.94 Å². The van der Waals surface area contributed by atoms with Crippen LogP contribution in [-0.2, 0) is 14.3 Å². The van der Waals surface area contributed by atoms with Gasteiger partial charge in [0, 0.05) is 24.8 Å². The second-order valence-electron chi connectivity index (χ2n) is 6.32. The van der Waals surface area contributed by atoms with Crippen molar-refractivity contribution in [2.45, 2.75) is 18.8 Å². The average Bonchev–Trinajstić information content (AvgIpc) is 2.71. The zero-order valence-electron chi connectivity index (χ0n) is 14.4. The van der Waals surface area contributed by atoms with Gasteiger partial charge in [0.25, 0.3) is 5.91 Å². The summed E-state index contributed by atoms with van der Waals surface area (Å²) in [6.45, 7) is 1.23. The standard InChI is InChI=1S/C20H22N2O4/c23-19(16-10-12-26-13-11-16)21-17-8-6-15(7-9-17)18(20(24)22-25)14-4-2-1-3-5-14/h1-9,16,18,25H,10-13H2,(H,21,23)(H,22,24). The molecule has 2 aromatic rings. The summed E-state index contributed by atoms with van der Waals surface area (Å²) in [5.74, 6) is -1.16. The van der Waals surface area contributed by atoms with Crippen LogP contribution in [0, 0.1) is 5.92 Å². The van der Waals surface area contributed by atoms with Crippen LogP contribution in [0.2, 0.25) is 0 Å². The molecule has 1 atom stereocenters. The van der Waals surface area contributed by atoms with Gasteiger partial charge < -0.3 is 10.1 Å². The van der Waals surface area contributed by atoms with Crippen molar-refractivity contribution in [3.63, 3.8) is 0 Å². The molecular weight excluding hydrogens is 332 g/mol. The van der Waals surface area contributed by atoms with Gasteiger partial charge in [-0.2, -0.15) is 0 Å². The summed E-state index contributed by atoms with van der Waals surface area (Å²) in [5.41, 5.74) is 3.92. The average molecular weight is 354 g/mol. The number of hydroxylamine groups is 1. The van der Waals surface area contributed by atoms with Crippen molar-refractivity contribution in [2.24, 2.45) is 5.92 Å². The summed E-state index contributed by atoms with van der Waals surface area (Å²) in [4.78, 5) is 24.4. The highest BCUT2D eigenvalue weighted by molar-refractivity contribution is 5.93. The molecule has 0 saturated carbocycles. The Morgan fingerprint density at radius 1 is 0.962 bits per heavy atom. The maximum atomic E-state index is 12.3. The molecule has 1 heterocycles. The monoisotopic (exact) mass is 354 g/mol. The number of carbonyl (C=O) groups excluding carboxylic acids is 2. The predicted molar refractivity (Wildman–Crippen MR) is 96.8 cm³/mol. The van der Waals surface area contributed by atoms with E-state index in [1.807, 2.05) is 30.3 Å². The van der Waals surface area contributed by atoms with Crippen molar-refractivity contribution in [2.75, 3.05) is 18.5 Å². The molecule has 6 nitrogen and oxygen atoms in total. The molecule has 0 spiro atoms. The molecule has 0 radical (unpaired) electrons. The molecule has 1 aliphatic heterocycles. The third-order valence-corrected chi connectivity index (χ3v) is 4.61. The van der Waals surface area contributed by atoms with Crippen molar-refractivity contribution in [1.82, 2.24) is 5.48 Å². The quantitative estimate of drug-likeness (QED) is 0.569. The Kier molecular flexibility index (Phi) is 5.99. The van der Waals surface area contributed by atoms with E-state index < -0.39 is 11.8 Å². The van der Waals surface area contributed by atoms with Crippen molar-refractivity contribution >= 4 is 17.5 Å². The number of anilines is 1. The maximum absolute atomic E-state index is 12.3. The maximum Gasteiger partial charge on any atom is 0.255 e. The van der Waals surface area contributed by atoms with Gasteiger partial charge in [-0.15, -0.1) is 0 Å². The minimum atomic E-state index is -0.624. The Balaban J connectivity index is 1.74. The summed E-state index contributed by atoms with van der Waals surface area (Å²) < 4.78 is 5.28. The van der Waals surface area contributed by atoms with Gasteiger partial charge in [0.1, 0.15) is 0 Å². The van der Waals surface area contributed by atoms with Crippen LogP contribution in [-0.4, -0.2) is 30.2 Å². The van der Waals surface area contributed by atoms with Gasteiger partial charge in [-0.05, 0) is 36.1 Å². The van der Waals surface area contributed by atoms with E-state index in [2.05, 4.69) is 5.32 Å². The molecule has 0 aliphatic carbocycles. The third-order valence-electron chi connectivity index (χ3n) is 4.61. The fourth-order valence-corrected chi connectivity index (χ4v) is 3.17. The number of carbonyl (C=O) groups is 2. The lowest BCUT2D eigenvalue weighted by Gasteiger charge is -2.21. The van der Waals surface area contributed by atoms with Gasteiger partial charge in [0.05, 0.1) is 5.92 Å². The molecule has 1 fully saturated rings. The molecule has 3 rings (SSSR count). The molecule has 136 valence electrons. The first-order chi connectivity index (χ1) is 12.7. The molecule has 2 amide bonds. The van der Waals surface area contributed by atoms with Crippen LogP contribution in [0.3, 0.4) is 0 Å². The first kappa shape index (κ1) is 18.1. The van der Waals surface area contributed by atoms with Gasteiger partial charge >= 0.3 is 0 Å². The Bertz CT molecular complexity index is 740. The summed E-state index contributed by atoms with van der Waals surface area (Å²) in [7, 11) is 0. The Morgan fingerprint density at radius 2 is 1.58 bits per heavy atom. The molecule has 2 aromatic carbocycles. The lowest BCUT2D eigenvalue weighted by Crippen LogP contribution is -2.28. The van der Waals surface area contributed by atoms with Crippen LogP contribution in [0.4, 0.5) is 5.69 Å². The van der Waals surface area contributed by atoms with E-state index in [1.165, 1.54) is 0 Å². The highest BCUT2D eigenvalue weighted by Crippen LogP contribution is 2.26. The second kappa shape index (κ2) is 8.60. The molecule has 0 bridgehead atoms. The van der Waals surface area contributed by atoms with E-state index in [0.717, 1.165) is 24.0 Å². The van der Waals surface area contributed by atoms with Crippen molar-refractivity contribution in [3.05, 3.63) is 65.7 Å². The van der Waals surface area contributed by atoms with Gasteiger partial charge in [0.15, 0.2) is 0 Å². The first-order valence-corrected chi connectivity index (χ1v) is 8.66. The number of amides is 2. The fourth-order valence-electron chi connectivity index (χ4n) is 3.17. The Labute approximate surface area is 152 Å². The van der Waals surface area contributed by atoms with Crippen LogP contribution in [0.25, 0.3) is 0 Å². The summed E-state index contributed by atoms with van der Waals surface area (Å²) in [5, 5.41) is 12.0. The van der Waals surface area contributed by atoms with Gasteiger partial charge in [-0.1, -0.05) is 42.5 Å². The number of benzene rings is 2. The molecule has 3 N–H and O–H groups in total. The number of hydrogen-bond acceptors (Lipinski definition) is 4. The Morgan fingerprint density at radius 3 is 2.19 bits per heavy atom. The Hall–Kier alpha value is -2.70. The number of hydrogen-bond donors (Lipinski definition) is 3. The SMILES string of the molecule is O=C(Nc1ccc(C(C(=O)NO)c2ccccc2)cc1)C1CCOCC1. The largest absolute Gasteiger partial charge is 0.381 e. The van der Waals surface area contributed by atoms with E-state index in [1.54, 1.807) is 29.7 Å². The van der Waals surface area contributed by atoms with E-state index >= 15 is 0 Å². The van der Waals surface area contributed by atoms with Crippen LogP contribution in [0.5, 0.6) is 0 Å². The van der Waals surface area contributed by atoms with Crippen molar-refractivity contribution in [3.8, 4) is 0 Å². The molecular formula is C20H22N2O4. The molecule has 26 heavy (non-hydrogen) atoms. The van der Waals surface area contributed by atoms with Crippen LogP contribution >= 0.6 is 0 Å². The highest BCUT2D eigenvalue weighted by atomic mass is 16.5. The lowest BCUT2D eigenvalue weighted by atomic mass is 9.90. The molecule has 6 heteroatoms. The number of nitrogens with one attached hydrogen (secondary N) is 2. The van der Waals surface area contributed by atoms with Gasteiger partial charge in [-0.25, -0.2) is 5.48 Å². The lowest BCUT2D eigenvalue weighted by molar-refractivity contribution is -0.129. The van der Waals surface area contributed by atoms with Crippen LogP contribution < -0.4 is 10.8 Å². The summed E-state index contributed by atoms with van der Waals surface area (Å²) in [6.07, 6.45) is 1.47. The first-order valence-electron chi connectivity index (χ1n) is 8.66. The predicted octanol–water partition coefficient (Wildman–Crippen LogP) is 2.69. The molecule has 1 aliphatic rings. The third kappa shape index (κ3) is 4.28. The van der Waals surface area contributed by atoms with E-state index in [0.29, 0.717) is 18.9 Å². The minimum absolute atomic E-state index is 0.00578. The topological polar surface area (TPSA) is 87.7 Å². The van der Waals surface area contributed by atoms with Gasteiger partial charge in [-0.3, -0.25) is 14.8 Å². The van der Waals surface area contributed by atoms with Crippen molar-refractivity contribution < 1.29 is 19.5 Å². The molecule has 1 unspecified atom stereocenters. The highest BCUT2D eigenvalue weighted by Gasteiger charge is 2.23. The zero-order chi connectivity index (χ0) is 18.4. The normalized spacial score (nSPS) is 15.9. The van der Waals surface area contributed by atoms with E-state index in [9.17, 15) is 9.59 Å². The van der Waals surface area contributed by atoms with Gasteiger partial charge in [0.2, 0.25) is 5.91 Å². The molecule has 0 aromatic heterocycles. The van der Waals surface area contributed by atoms with Crippen molar-refractivity contribution in [1.29, 1.82) is 0 Å². The smallest absolute Gasteiger partial charge is 0.255 e.